The number of nitrogens with zero attached hydrogens (tertiary/aromatic N) is 3. The van der Waals surface area contributed by atoms with Crippen LogP contribution >= 0.6 is 0 Å². The fourth-order valence-electron chi connectivity index (χ4n) is 9.36. The molecule has 1 aliphatic carbocycles. The highest BCUT2D eigenvalue weighted by molar-refractivity contribution is 5.99. The quantitative estimate of drug-likeness (QED) is 0.302. The van der Waals surface area contributed by atoms with E-state index < -0.39 is 35.1 Å². The van der Waals surface area contributed by atoms with E-state index in [2.05, 4.69) is 20.1 Å². The van der Waals surface area contributed by atoms with Crippen molar-refractivity contribution in [1.29, 1.82) is 0 Å². The number of likely N-dealkylation sites (tertiary alicyclic amines) is 1. The van der Waals surface area contributed by atoms with Gasteiger partial charge in [-0.25, -0.2) is 0 Å². The van der Waals surface area contributed by atoms with E-state index in [1.165, 1.54) is 0 Å². The number of fused-ring (bicyclic) bond motifs is 1. The maximum Gasteiger partial charge on any atom is 0.248 e. The highest BCUT2D eigenvalue weighted by Gasteiger charge is 2.80. The second kappa shape index (κ2) is 14.0. The Kier molecular flexibility index (Phi) is 9.96. The molecule has 2 aromatic carbocycles. The molecule has 1 N–H and O–H groups in total. The summed E-state index contributed by atoms with van der Waals surface area (Å²) in [5.74, 6) is -2.35. The first-order valence-corrected chi connectivity index (χ1v) is 17.7. The lowest BCUT2D eigenvalue weighted by molar-refractivity contribution is -0.159. The molecule has 0 aromatic heterocycles. The van der Waals surface area contributed by atoms with Gasteiger partial charge in [0.25, 0.3) is 0 Å². The predicted octanol–water partition coefficient (Wildman–Crippen LogP) is 5.16. The van der Waals surface area contributed by atoms with Gasteiger partial charge < -0.3 is 24.5 Å². The highest BCUT2D eigenvalue weighted by atomic mass is 16.5. The molecular formula is C40H51N3O5. The molecule has 7 atom stereocenters. The number of aliphatic hydroxyl groups excluding tert-OH is 1. The SMILES string of the molecule is C=CCN(Cc1ccccc1)C(=O)[C@@H]1[C@H]2C(=O)N([C@@H](CO)Cc3ccccc3)C(C(=O)N(CC=C)C3CCCCC3)C23CC(C)[C@@]1(C)O3. The number of rotatable bonds is 13. The van der Waals surface area contributed by atoms with E-state index in [9.17, 15) is 9.90 Å². The summed E-state index contributed by atoms with van der Waals surface area (Å²) in [4.78, 5) is 50.4. The van der Waals surface area contributed by atoms with Gasteiger partial charge in [0.15, 0.2) is 0 Å². The van der Waals surface area contributed by atoms with Crippen LogP contribution in [0.25, 0.3) is 0 Å². The summed E-state index contributed by atoms with van der Waals surface area (Å²) in [5, 5.41) is 10.9. The summed E-state index contributed by atoms with van der Waals surface area (Å²) in [6.45, 7) is 12.7. The van der Waals surface area contributed by atoms with Crippen LogP contribution in [0, 0.1) is 17.8 Å². The molecule has 8 nitrogen and oxygen atoms in total. The Hall–Kier alpha value is -3.75. The molecule has 256 valence electrons. The number of carbonyl (C=O) groups excluding carboxylic acids is 3. The molecule has 8 heteroatoms. The first-order chi connectivity index (χ1) is 23.2. The first-order valence-electron chi connectivity index (χ1n) is 17.7. The lowest BCUT2D eigenvalue weighted by Gasteiger charge is -2.42. The summed E-state index contributed by atoms with van der Waals surface area (Å²) in [5.41, 5.74) is -0.209. The normalized spacial score (nSPS) is 30.1. The largest absolute Gasteiger partial charge is 0.394 e. The topological polar surface area (TPSA) is 90.4 Å². The molecule has 1 spiro atoms. The molecule has 6 rings (SSSR count). The number of carbonyl (C=O) groups is 3. The van der Waals surface area contributed by atoms with Gasteiger partial charge in [-0.2, -0.15) is 0 Å². The van der Waals surface area contributed by atoms with Gasteiger partial charge in [-0.15, -0.1) is 13.2 Å². The number of hydrogen-bond acceptors (Lipinski definition) is 5. The van der Waals surface area contributed by atoms with Crippen LogP contribution < -0.4 is 0 Å². The Bertz CT molecular complexity index is 1490. The van der Waals surface area contributed by atoms with E-state index >= 15 is 9.59 Å². The molecule has 1 saturated carbocycles. The summed E-state index contributed by atoms with van der Waals surface area (Å²) in [7, 11) is 0. The van der Waals surface area contributed by atoms with Gasteiger partial charge in [-0.1, -0.05) is 99.0 Å². The monoisotopic (exact) mass is 653 g/mol. The molecule has 4 fully saturated rings. The van der Waals surface area contributed by atoms with E-state index in [1.807, 2.05) is 72.5 Å². The zero-order chi connectivity index (χ0) is 34.1. The fraction of sp³-hybridized carbons (Fsp3) is 0.525. The van der Waals surface area contributed by atoms with Gasteiger partial charge in [-0.05, 0) is 49.7 Å². The minimum absolute atomic E-state index is 0.0383. The minimum atomic E-state index is -1.20. The van der Waals surface area contributed by atoms with Gasteiger partial charge in [0.05, 0.1) is 30.1 Å². The highest BCUT2D eigenvalue weighted by Crippen LogP contribution is 2.66. The third-order valence-electron chi connectivity index (χ3n) is 11.7. The van der Waals surface area contributed by atoms with Crippen molar-refractivity contribution in [2.75, 3.05) is 19.7 Å². The van der Waals surface area contributed by atoms with Crippen LogP contribution in [0.4, 0.5) is 0 Å². The Morgan fingerprint density at radius 1 is 0.979 bits per heavy atom. The minimum Gasteiger partial charge on any atom is -0.394 e. The zero-order valence-electron chi connectivity index (χ0n) is 28.5. The fourth-order valence-corrected chi connectivity index (χ4v) is 9.36. The van der Waals surface area contributed by atoms with E-state index in [-0.39, 0.29) is 36.3 Å². The molecule has 3 unspecified atom stereocenters. The summed E-state index contributed by atoms with van der Waals surface area (Å²) >= 11 is 0. The second-order valence-corrected chi connectivity index (χ2v) is 14.5. The molecule has 2 aromatic rings. The Morgan fingerprint density at radius 3 is 2.21 bits per heavy atom. The Balaban J connectivity index is 1.44. The van der Waals surface area contributed by atoms with Crippen molar-refractivity contribution in [2.24, 2.45) is 17.8 Å². The molecule has 3 amide bonds. The second-order valence-electron chi connectivity index (χ2n) is 14.5. The van der Waals surface area contributed by atoms with Crippen LogP contribution in [-0.4, -0.2) is 86.6 Å². The van der Waals surface area contributed by atoms with Crippen molar-refractivity contribution in [3.05, 3.63) is 97.1 Å². The van der Waals surface area contributed by atoms with Crippen molar-refractivity contribution >= 4 is 17.7 Å². The average Bonchev–Trinajstić information content (AvgIpc) is 3.62. The molecule has 3 aliphatic heterocycles. The molecule has 3 saturated heterocycles. The van der Waals surface area contributed by atoms with Crippen molar-refractivity contribution in [3.8, 4) is 0 Å². The predicted molar refractivity (Wildman–Crippen MR) is 185 cm³/mol. The number of hydrogen-bond donors (Lipinski definition) is 1. The molecule has 48 heavy (non-hydrogen) atoms. The third-order valence-corrected chi connectivity index (χ3v) is 11.7. The van der Waals surface area contributed by atoms with Crippen molar-refractivity contribution in [1.82, 2.24) is 14.7 Å². The Labute approximate surface area is 285 Å². The van der Waals surface area contributed by atoms with Crippen LogP contribution in [0.1, 0.15) is 63.5 Å². The summed E-state index contributed by atoms with van der Waals surface area (Å²) in [6, 6.07) is 18.0. The molecule has 3 heterocycles. The van der Waals surface area contributed by atoms with Crippen molar-refractivity contribution in [2.45, 2.75) is 94.7 Å². The molecule has 4 aliphatic rings. The molecular weight excluding hydrogens is 602 g/mol. The van der Waals surface area contributed by atoms with Crippen LogP contribution in [0.2, 0.25) is 0 Å². The van der Waals surface area contributed by atoms with E-state index in [4.69, 9.17) is 4.74 Å². The van der Waals surface area contributed by atoms with Gasteiger partial charge in [0.1, 0.15) is 11.6 Å². The number of benzene rings is 2. The number of aliphatic hydroxyl groups is 1. The number of amides is 3. The van der Waals surface area contributed by atoms with Crippen LogP contribution in [0.3, 0.4) is 0 Å². The van der Waals surface area contributed by atoms with E-state index in [0.29, 0.717) is 32.5 Å². The van der Waals surface area contributed by atoms with Gasteiger partial charge in [0, 0.05) is 25.7 Å². The third kappa shape index (κ3) is 5.81. The van der Waals surface area contributed by atoms with Gasteiger partial charge >= 0.3 is 0 Å². The van der Waals surface area contributed by atoms with Crippen LogP contribution in [-0.2, 0) is 32.1 Å². The molecule has 2 bridgehead atoms. The van der Waals surface area contributed by atoms with E-state index in [1.54, 1.807) is 22.0 Å². The van der Waals surface area contributed by atoms with E-state index in [0.717, 1.165) is 43.2 Å². The smallest absolute Gasteiger partial charge is 0.248 e. The first kappa shape index (κ1) is 34.1. The summed E-state index contributed by atoms with van der Waals surface area (Å²) < 4.78 is 7.10. The average molecular weight is 654 g/mol. The van der Waals surface area contributed by atoms with Gasteiger partial charge in [-0.3, -0.25) is 14.4 Å². The lowest BCUT2D eigenvalue weighted by atomic mass is 9.62. The van der Waals surface area contributed by atoms with Crippen LogP contribution in [0.5, 0.6) is 0 Å². The Morgan fingerprint density at radius 2 is 1.60 bits per heavy atom. The number of ether oxygens (including phenoxy) is 1. The van der Waals surface area contributed by atoms with Gasteiger partial charge in [0.2, 0.25) is 17.7 Å². The van der Waals surface area contributed by atoms with Crippen LogP contribution in [0.15, 0.2) is 86.0 Å². The molecule has 0 radical (unpaired) electrons. The zero-order valence-corrected chi connectivity index (χ0v) is 28.5. The maximum absolute atomic E-state index is 15.2. The maximum atomic E-state index is 15.2. The lowest BCUT2D eigenvalue weighted by Crippen LogP contribution is -2.60. The summed E-state index contributed by atoms with van der Waals surface area (Å²) in [6.07, 6.45) is 9.36. The van der Waals surface area contributed by atoms with Crippen molar-refractivity contribution < 1.29 is 24.2 Å². The standard InChI is InChI=1S/C40H51N3O5/c1-5-22-41(26-30-18-12-8-13-19-30)36(45)33-34-37(46)43(32(27-44)24-29-16-10-7-11-17-29)35(40(34)25-28(3)39(33,4)48-40)38(47)42(23-6-2)31-20-14-9-15-21-31/h5-8,10-13,16-19,28,31-35,44H,1-2,9,14-15,20-27H2,3-4H3/t28?,32-,33+,34+,35?,39-,40?/m1/s1. The van der Waals surface area contributed by atoms with Crippen molar-refractivity contribution in [3.63, 3.8) is 0 Å².